The Balaban J connectivity index is 2.54. The molecule has 0 amide bonds. The van der Waals surface area contributed by atoms with Crippen LogP contribution in [-0.2, 0) is 0 Å². The molecule has 3 nitrogen and oxygen atoms in total. The zero-order valence-electron chi connectivity index (χ0n) is 9.67. The van der Waals surface area contributed by atoms with Gasteiger partial charge in [-0.1, -0.05) is 20.8 Å². The van der Waals surface area contributed by atoms with Gasteiger partial charge in [0.25, 0.3) is 0 Å². The van der Waals surface area contributed by atoms with Crippen molar-refractivity contribution in [3.63, 3.8) is 0 Å². The van der Waals surface area contributed by atoms with Crippen molar-refractivity contribution in [2.24, 2.45) is 5.41 Å². The van der Waals surface area contributed by atoms with Gasteiger partial charge in [-0.2, -0.15) is 4.98 Å². The molecule has 0 saturated carbocycles. The van der Waals surface area contributed by atoms with Gasteiger partial charge in [0.2, 0.25) is 11.2 Å². The summed E-state index contributed by atoms with van der Waals surface area (Å²) in [6, 6.07) is 0. The van der Waals surface area contributed by atoms with E-state index in [-0.39, 0.29) is 10.7 Å². The molecule has 0 N–H and O–H groups in total. The SMILES string of the molecule is Cc1cnc(Cl)nc1OCCC(C)(C)C. The highest BCUT2D eigenvalue weighted by Crippen LogP contribution is 2.20. The van der Waals surface area contributed by atoms with Crippen LogP contribution in [0.1, 0.15) is 32.8 Å². The number of rotatable bonds is 3. The molecule has 1 rings (SSSR count). The van der Waals surface area contributed by atoms with Gasteiger partial charge < -0.3 is 4.74 Å². The van der Waals surface area contributed by atoms with E-state index in [0.717, 1.165) is 12.0 Å². The molecule has 1 aromatic rings. The molecule has 1 heterocycles. The van der Waals surface area contributed by atoms with Gasteiger partial charge in [0.1, 0.15) is 0 Å². The lowest BCUT2D eigenvalue weighted by atomic mass is 9.93. The molecular formula is C11H17ClN2O. The summed E-state index contributed by atoms with van der Waals surface area (Å²) in [4.78, 5) is 7.89. The van der Waals surface area contributed by atoms with Crippen LogP contribution in [0.4, 0.5) is 0 Å². The molecule has 0 atom stereocenters. The minimum Gasteiger partial charge on any atom is -0.477 e. The summed E-state index contributed by atoms with van der Waals surface area (Å²) >= 11 is 5.68. The van der Waals surface area contributed by atoms with Gasteiger partial charge in [-0.05, 0) is 30.4 Å². The van der Waals surface area contributed by atoms with Crippen LogP contribution in [0.25, 0.3) is 0 Å². The molecule has 0 saturated heterocycles. The van der Waals surface area contributed by atoms with Gasteiger partial charge in [0, 0.05) is 11.8 Å². The van der Waals surface area contributed by atoms with E-state index in [2.05, 4.69) is 30.7 Å². The van der Waals surface area contributed by atoms with Gasteiger partial charge in [-0.15, -0.1) is 0 Å². The Labute approximate surface area is 95.8 Å². The molecule has 0 bridgehead atoms. The Kier molecular flexibility index (Phi) is 3.91. The standard InChI is InChI=1S/C11H17ClN2O/c1-8-7-13-10(12)14-9(8)15-6-5-11(2,3)4/h7H,5-6H2,1-4H3. The first-order valence-electron chi connectivity index (χ1n) is 5.00. The fourth-order valence-corrected chi connectivity index (χ4v) is 1.13. The third kappa shape index (κ3) is 4.47. The van der Waals surface area contributed by atoms with Crippen LogP contribution >= 0.6 is 11.6 Å². The van der Waals surface area contributed by atoms with Gasteiger partial charge >= 0.3 is 0 Å². The van der Waals surface area contributed by atoms with E-state index in [0.29, 0.717) is 12.5 Å². The van der Waals surface area contributed by atoms with Crippen molar-refractivity contribution in [3.8, 4) is 5.88 Å². The molecule has 84 valence electrons. The first-order chi connectivity index (χ1) is 6.88. The normalized spacial score (nSPS) is 11.5. The monoisotopic (exact) mass is 228 g/mol. The van der Waals surface area contributed by atoms with Crippen molar-refractivity contribution < 1.29 is 4.74 Å². The first kappa shape index (κ1) is 12.2. The summed E-state index contributed by atoms with van der Waals surface area (Å²) < 4.78 is 5.56. The molecule has 15 heavy (non-hydrogen) atoms. The van der Waals surface area contributed by atoms with Crippen LogP contribution in [0.15, 0.2) is 6.20 Å². The Morgan fingerprint density at radius 1 is 1.40 bits per heavy atom. The molecule has 0 aliphatic heterocycles. The largest absolute Gasteiger partial charge is 0.477 e. The summed E-state index contributed by atoms with van der Waals surface area (Å²) in [6.45, 7) is 9.09. The maximum absolute atomic E-state index is 5.68. The molecule has 0 aliphatic rings. The van der Waals surface area contributed by atoms with E-state index in [1.165, 1.54) is 0 Å². The number of hydrogen-bond acceptors (Lipinski definition) is 3. The van der Waals surface area contributed by atoms with E-state index in [9.17, 15) is 0 Å². The fraction of sp³-hybridized carbons (Fsp3) is 0.636. The number of halogens is 1. The second-order valence-corrected chi connectivity index (χ2v) is 5.12. The molecule has 0 fully saturated rings. The lowest BCUT2D eigenvalue weighted by Gasteiger charge is -2.18. The third-order valence-corrected chi connectivity index (χ3v) is 2.17. The highest BCUT2D eigenvalue weighted by atomic mass is 35.5. The molecular weight excluding hydrogens is 212 g/mol. The fourth-order valence-electron chi connectivity index (χ4n) is 1.01. The zero-order valence-corrected chi connectivity index (χ0v) is 10.4. The Morgan fingerprint density at radius 2 is 2.07 bits per heavy atom. The second kappa shape index (κ2) is 4.79. The van der Waals surface area contributed by atoms with Crippen LogP contribution < -0.4 is 4.74 Å². The van der Waals surface area contributed by atoms with Crippen molar-refractivity contribution in [2.75, 3.05) is 6.61 Å². The zero-order chi connectivity index (χ0) is 11.5. The first-order valence-corrected chi connectivity index (χ1v) is 5.38. The van der Waals surface area contributed by atoms with Crippen LogP contribution in [-0.4, -0.2) is 16.6 Å². The highest BCUT2D eigenvalue weighted by Gasteiger charge is 2.11. The minimum absolute atomic E-state index is 0.228. The minimum atomic E-state index is 0.228. The molecule has 0 aliphatic carbocycles. The predicted octanol–water partition coefficient (Wildman–Crippen LogP) is 3.25. The molecule has 0 radical (unpaired) electrons. The number of aryl methyl sites for hydroxylation is 1. The van der Waals surface area contributed by atoms with Gasteiger partial charge in [-0.25, -0.2) is 4.98 Å². The van der Waals surface area contributed by atoms with Crippen LogP contribution in [0, 0.1) is 12.3 Å². The average molecular weight is 229 g/mol. The maximum atomic E-state index is 5.68. The van der Waals surface area contributed by atoms with Crippen molar-refractivity contribution in [2.45, 2.75) is 34.1 Å². The number of hydrogen-bond donors (Lipinski definition) is 0. The smallest absolute Gasteiger partial charge is 0.225 e. The number of nitrogens with zero attached hydrogens (tertiary/aromatic N) is 2. The van der Waals surface area contributed by atoms with E-state index in [4.69, 9.17) is 16.3 Å². The van der Waals surface area contributed by atoms with E-state index in [1.54, 1.807) is 6.20 Å². The van der Waals surface area contributed by atoms with Crippen molar-refractivity contribution in [3.05, 3.63) is 17.0 Å². The summed E-state index contributed by atoms with van der Waals surface area (Å²) in [7, 11) is 0. The van der Waals surface area contributed by atoms with Crippen LogP contribution in [0.3, 0.4) is 0 Å². The molecule has 0 aromatic carbocycles. The summed E-state index contributed by atoms with van der Waals surface area (Å²) in [6.07, 6.45) is 2.65. The molecule has 0 spiro atoms. The summed E-state index contributed by atoms with van der Waals surface area (Å²) in [5.74, 6) is 0.583. The Morgan fingerprint density at radius 3 is 2.67 bits per heavy atom. The van der Waals surface area contributed by atoms with Crippen LogP contribution in [0.2, 0.25) is 5.28 Å². The van der Waals surface area contributed by atoms with Gasteiger partial charge in [0.05, 0.1) is 6.61 Å². The average Bonchev–Trinajstić information content (AvgIpc) is 2.09. The number of ether oxygens (including phenoxy) is 1. The second-order valence-electron chi connectivity index (χ2n) is 4.79. The Bertz CT molecular complexity index is 334. The highest BCUT2D eigenvalue weighted by molar-refractivity contribution is 6.28. The lowest BCUT2D eigenvalue weighted by Crippen LogP contribution is -2.12. The van der Waals surface area contributed by atoms with Crippen molar-refractivity contribution >= 4 is 11.6 Å². The van der Waals surface area contributed by atoms with Gasteiger partial charge in [-0.3, -0.25) is 0 Å². The van der Waals surface area contributed by atoms with E-state index >= 15 is 0 Å². The third-order valence-electron chi connectivity index (χ3n) is 1.99. The predicted molar refractivity (Wildman–Crippen MR) is 61.3 cm³/mol. The molecule has 1 aromatic heterocycles. The molecule has 4 heteroatoms. The van der Waals surface area contributed by atoms with Gasteiger partial charge in [0.15, 0.2) is 0 Å². The number of aromatic nitrogens is 2. The van der Waals surface area contributed by atoms with Crippen molar-refractivity contribution in [1.82, 2.24) is 9.97 Å². The molecule has 0 unspecified atom stereocenters. The summed E-state index contributed by atoms with van der Waals surface area (Å²) in [5.41, 5.74) is 1.18. The van der Waals surface area contributed by atoms with E-state index in [1.807, 2.05) is 6.92 Å². The van der Waals surface area contributed by atoms with Crippen LogP contribution in [0.5, 0.6) is 5.88 Å². The Hall–Kier alpha value is -0.830. The quantitative estimate of drug-likeness (QED) is 0.745. The topological polar surface area (TPSA) is 35.0 Å². The lowest BCUT2D eigenvalue weighted by molar-refractivity contribution is 0.235. The van der Waals surface area contributed by atoms with Crippen molar-refractivity contribution in [1.29, 1.82) is 0 Å². The maximum Gasteiger partial charge on any atom is 0.225 e. The van der Waals surface area contributed by atoms with E-state index < -0.39 is 0 Å². The summed E-state index contributed by atoms with van der Waals surface area (Å²) in [5, 5.41) is 0.228.